The maximum absolute atomic E-state index is 12.2. The fourth-order valence-corrected chi connectivity index (χ4v) is 2.77. The highest BCUT2D eigenvalue weighted by molar-refractivity contribution is 5.91. The van der Waals surface area contributed by atoms with E-state index < -0.39 is 29.3 Å². The van der Waals surface area contributed by atoms with Gasteiger partial charge in [0.15, 0.2) is 0 Å². The van der Waals surface area contributed by atoms with Gasteiger partial charge in [-0.3, -0.25) is 9.59 Å². The fraction of sp³-hybridized carbons (Fsp3) is 0.467. The van der Waals surface area contributed by atoms with E-state index in [-0.39, 0.29) is 12.5 Å². The van der Waals surface area contributed by atoms with Gasteiger partial charge >= 0.3 is 5.97 Å². The molecule has 1 aliphatic carbocycles. The molecular weight excluding hydrogens is 258 g/mol. The highest BCUT2D eigenvalue weighted by Gasteiger charge is 2.66. The highest BCUT2D eigenvalue weighted by Crippen LogP contribution is 2.58. The SMILES string of the molecule is CC1(C)C(C(=O)O)C1C(=O)N[C@@H](CO)c1ccccc1. The normalized spacial score (nSPS) is 24.8. The largest absolute Gasteiger partial charge is 0.481 e. The van der Waals surface area contributed by atoms with Gasteiger partial charge in [0.2, 0.25) is 5.91 Å². The molecule has 0 spiro atoms. The number of carbonyl (C=O) groups is 2. The Morgan fingerprint density at radius 3 is 2.30 bits per heavy atom. The standard InChI is InChI=1S/C15H19NO4/c1-15(2)11(12(15)14(19)20)13(18)16-10(8-17)9-6-4-3-5-7-9/h3-7,10-12,17H,8H2,1-2H3,(H,16,18)(H,19,20)/t10-,11?,12?/m0/s1. The van der Waals surface area contributed by atoms with Crippen LogP contribution in [0.1, 0.15) is 25.5 Å². The Labute approximate surface area is 117 Å². The number of nitrogens with one attached hydrogen (secondary N) is 1. The molecule has 1 saturated carbocycles. The van der Waals surface area contributed by atoms with E-state index in [1.165, 1.54) is 0 Å². The molecule has 2 rings (SSSR count). The van der Waals surface area contributed by atoms with Crippen LogP contribution in [0.15, 0.2) is 30.3 Å². The van der Waals surface area contributed by atoms with Gasteiger partial charge in [0.25, 0.3) is 0 Å². The summed E-state index contributed by atoms with van der Waals surface area (Å²) in [5.41, 5.74) is 0.265. The number of benzene rings is 1. The van der Waals surface area contributed by atoms with Crippen LogP contribution in [0.3, 0.4) is 0 Å². The van der Waals surface area contributed by atoms with Crippen molar-refractivity contribution in [2.24, 2.45) is 17.3 Å². The van der Waals surface area contributed by atoms with Crippen molar-refractivity contribution in [3.8, 4) is 0 Å². The van der Waals surface area contributed by atoms with Gasteiger partial charge in [-0.25, -0.2) is 0 Å². The lowest BCUT2D eigenvalue weighted by Gasteiger charge is -2.17. The Hall–Kier alpha value is -1.88. The van der Waals surface area contributed by atoms with E-state index in [0.29, 0.717) is 0 Å². The fourth-order valence-electron chi connectivity index (χ4n) is 2.77. The molecule has 1 aromatic carbocycles. The average molecular weight is 277 g/mol. The monoisotopic (exact) mass is 277 g/mol. The van der Waals surface area contributed by atoms with Crippen LogP contribution < -0.4 is 5.32 Å². The van der Waals surface area contributed by atoms with Crippen molar-refractivity contribution >= 4 is 11.9 Å². The number of carbonyl (C=O) groups excluding carboxylic acids is 1. The van der Waals surface area contributed by atoms with Crippen molar-refractivity contribution in [2.75, 3.05) is 6.61 Å². The van der Waals surface area contributed by atoms with Crippen molar-refractivity contribution in [2.45, 2.75) is 19.9 Å². The molecule has 5 heteroatoms. The minimum atomic E-state index is -0.949. The van der Waals surface area contributed by atoms with Gasteiger partial charge in [-0.05, 0) is 11.0 Å². The van der Waals surface area contributed by atoms with Gasteiger partial charge in [-0.1, -0.05) is 44.2 Å². The molecule has 1 aromatic rings. The third kappa shape index (κ3) is 2.54. The first kappa shape index (κ1) is 14.5. The molecule has 0 heterocycles. The average Bonchev–Trinajstić information content (AvgIpc) is 3.00. The number of amides is 1. The Morgan fingerprint density at radius 2 is 1.85 bits per heavy atom. The number of hydrogen-bond acceptors (Lipinski definition) is 3. The molecule has 0 bridgehead atoms. The molecule has 108 valence electrons. The molecule has 1 aliphatic rings. The molecule has 1 fully saturated rings. The van der Waals surface area contributed by atoms with Crippen LogP contribution in [0, 0.1) is 17.3 Å². The quantitative estimate of drug-likeness (QED) is 0.754. The number of aliphatic hydroxyl groups is 1. The number of hydrogen-bond donors (Lipinski definition) is 3. The zero-order valence-corrected chi connectivity index (χ0v) is 11.5. The minimum absolute atomic E-state index is 0.222. The first-order valence-electron chi connectivity index (χ1n) is 6.58. The van der Waals surface area contributed by atoms with E-state index in [1.54, 1.807) is 13.8 Å². The maximum atomic E-state index is 12.2. The van der Waals surface area contributed by atoms with Crippen LogP contribution in [0.25, 0.3) is 0 Å². The summed E-state index contributed by atoms with van der Waals surface area (Å²) in [6.07, 6.45) is 0. The van der Waals surface area contributed by atoms with Crippen LogP contribution in [0.5, 0.6) is 0 Å². The van der Waals surface area contributed by atoms with Crippen LogP contribution in [-0.2, 0) is 9.59 Å². The summed E-state index contributed by atoms with van der Waals surface area (Å²) in [5.74, 6) is -2.46. The Balaban J connectivity index is 2.07. The molecule has 5 nitrogen and oxygen atoms in total. The lowest BCUT2D eigenvalue weighted by atomic mass is 10.1. The van der Waals surface area contributed by atoms with Crippen molar-refractivity contribution in [3.05, 3.63) is 35.9 Å². The third-order valence-electron chi connectivity index (χ3n) is 4.08. The highest BCUT2D eigenvalue weighted by atomic mass is 16.4. The van der Waals surface area contributed by atoms with Gasteiger partial charge < -0.3 is 15.5 Å². The molecular formula is C15H19NO4. The maximum Gasteiger partial charge on any atom is 0.307 e. The van der Waals surface area contributed by atoms with E-state index in [1.807, 2.05) is 30.3 Å². The zero-order chi connectivity index (χ0) is 14.9. The first-order chi connectivity index (χ1) is 9.39. The Morgan fingerprint density at radius 1 is 1.25 bits per heavy atom. The van der Waals surface area contributed by atoms with Crippen molar-refractivity contribution in [1.29, 1.82) is 0 Å². The molecule has 2 unspecified atom stereocenters. The topological polar surface area (TPSA) is 86.6 Å². The van der Waals surface area contributed by atoms with Gasteiger partial charge in [-0.15, -0.1) is 0 Å². The molecule has 0 aromatic heterocycles. The summed E-state index contributed by atoms with van der Waals surface area (Å²) < 4.78 is 0. The van der Waals surface area contributed by atoms with E-state index >= 15 is 0 Å². The van der Waals surface area contributed by atoms with Gasteiger partial charge in [0.05, 0.1) is 24.5 Å². The van der Waals surface area contributed by atoms with Crippen LogP contribution in [0.2, 0.25) is 0 Å². The van der Waals surface area contributed by atoms with Gasteiger partial charge in [-0.2, -0.15) is 0 Å². The molecule has 1 amide bonds. The number of aliphatic carboxylic acids is 1. The summed E-state index contributed by atoms with van der Waals surface area (Å²) in [6.45, 7) is 3.32. The third-order valence-corrected chi connectivity index (χ3v) is 4.08. The predicted molar refractivity (Wildman–Crippen MR) is 72.8 cm³/mol. The Bertz CT molecular complexity index is 512. The second kappa shape index (κ2) is 5.25. The molecule has 3 atom stereocenters. The molecule has 0 radical (unpaired) electrons. The minimum Gasteiger partial charge on any atom is -0.481 e. The van der Waals surface area contributed by atoms with Crippen LogP contribution in [-0.4, -0.2) is 28.7 Å². The summed E-state index contributed by atoms with van der Waals surface area (Å²) in [5, 5.41) is 21.2. The van der Waals surface area contributed by atoms with Gasteiger partial charge in [0.1, 0.15) is 0 Å². The lowest BCUT2D eigenvalue weighted by molar-refractivity contribution is -0.140. The van der Waals surface area contributed by atoms with Crippen molar-refractivity contribution < 1.29 is 19.8 Å². The van der Waals surface area contributed by atoms with E-state index in [4.69, 9.17) is 5.11 Å². The zero-order valence-electron chi connectivity index (χ0n) is 11.5. The smallest absolute Gasteiger partial charge is 0.307 e. The van der Waals surface area contributed by atoms with Gasteiger partial charge in [0, 0.05) is 0 Å². The second-order valence-corrected chi connectivity index (χ2v) is 5.77. The number of carboxylic acids is 1. The lowest BCUT2D eigenvalue weighted by Crippen LogP contribution is -2.33. The van der Waals surface area contributed by atoms with Crippen molar-refractivity contribution in [3.63, 3.8) is 0 Å². The number of rotatable bonds is 5. The van der Waals surface area contributed by atoms with Crippen LogP contribution in [0.4, 0.5) is 0 Å². The summed E-state index contributed by atoms with van der Waals surface area (Å²) in [7, 11) is 0. The second-order valence-electron chi connectivity index (χ2n) is 5.77. The molecule has 0 saturated heterocycles. The number of aliphatic hydroxyl groups excluding tert-OH is 1. The van der Waals surface area contributed by atoms with E-state index in [0.717, 1.165) is 5.56 Å². The van der Waals surface area contributed by atoms with Crippen molar-refractivity contribution in [1.82, 2.24) is 5.32 Å². The summed E-state index contributed by atoms with van der Waals surface area (Å²) in [6, 6.07) is 8.62. The molecule has 3 N–H and O–H groups in total. The summed E-state index contributed by atoms with van der Waals surface area (Å²) >= 11 is 0. The summed E-state index contributed by atoms with van der Waals surface area (Å²) in [4.78, 5) is 23.3. The predicted octanol–water partition coefficient (Wildman–Crippen LogP) is 1.19. The Kier molecular flexibility index (Phi) is 3.81. The van der Waals surface area contributed by atoms with Crippen LogP contribution >= 0.6 is 0 Å². The number of carboxylic acid groups (broad SMARTS) is 1. The van der Waals surface area contributed by atoms with E-state index in [2.05, 4.69) is 5.32 Å². The first-order valence-corrected chi connectivity index (χ1v) is 6.58. The van der Waals surface area contributed by atoms with E-state index in [9.17, 15) is 14.7 Å². The molecule has 0 aliphatic heterocycles. The molecule has 20 heavy (non-hydrogen) atoms.